The molecule has 0 amide bonds. The van der Waals surface area contributed by atoms with Gasteiger partial charge in [0.15, 0.2) is 0 Å². The predicted molar refractivity (Wildman–Crippen MR) is 62.5 cm³/mol. The van der Waals surface area contributed by atoms with Crippen molar-refractivity contribution in [2.75, 3.05) is 25.5 Å². The van der Waals surface area contributed by atoms with E-state index in [9.17, 15) is 13.2 Å². The van der Waals surface area contributed by atoms with Gasteiger partial charge in [0.1, 0.15) is 0 Å². The van der Waals surface area contributed by atoms with E-state index in [1.54, 1.807) is 7.11 Å². The second-order valence-corrected chi connectivity index (χ2v) is 4.26. The Hall–Kier alpha value is -1.27. The van der Waals surface area contributed by atoms with Crippen molar-refractivity contribution in [2.24, 2.45) is 0 Å². The second kappa shape index (κ2) is 5.16. The molecule has 1 fully saturated rings. The largest absolute Gasteiger partial charge is 0.416 e. The summed E-state index contributed by atoms with van der Waals surface area (Å²) in [5.41, 5.74) is 0.0274. The van der Waals surface area contributed by atoms with Gasteiger partial charge in [-0.1, -0.05) is 0 Å². The Balaban J connectivity index is 2.02. The third-order valence-corrected chi connectivity index (χ3v) is 3.03. The van der Waals surface area contributed by atoms with Crippen LogP contribution < -0.4 is 10.6 Å². The lowest BCUT2D eigenvalue weighted by Crippen LogP contribution is -2.33. The molecule has 0 spiro atoms. The fourth-order valence-electron chi connectivity index (χ4n) is 2.02. The Morgan fingerprint density at radius 3 is 2.44 bits per heavy atom. The number of nitrogens with one attached hydrogen (secondary N) is 2. The lowest BCUT2D eigenvalue weighted by molar-refractivity contribution is -0.137. The molecule has 0 aliphatic carbocycles. The first kappa shape index (κ1) is 13.2. The molecule has 100 valence electrons. The summed E-state index contributed by atoms with van der Waals surface area (Å²) in [6.45, 7) is 1.48. The molecular weight excluding hydrogens is 245 g/mol. The topological polar surface area (TPSA) is 33.3 Å². The highest BCUT2D eigenvalue weighted by molar-refractivity contribution is 5.46. The molecule has 1 aliphatic heterocycles. The first-order valence-corrected chi connectivity index (χ1v) is 5.68. The van der Waals surface area contributed by atoms with E-state index < -0.39 is 11.7 Å². The minimum absolute atomic E-state index is 0.0345. The van der Waals surface area contributed by atoms with Crippen LogP contribution in [0.25, 0.3) is 0 Å². The molecule has 1 aromatic carbocycles. The van der Waals surface area contributed by atoms with Crippen LogP contribution in [0.15, 0.2) is 24.3 Å². The number of rotatable bonds is 3. The second-order valence-electron chi connectivity index (χ2n) is 4.26. The average Bonchev–Trinajstić information content (AvgIpc) is 2.76. The van der Waals surface area contributed by atoms with Crippen LogP contribution in [0.5, 0.6) is 0 Å². The van der Waals surface area contributed by atoms with E-state index in [-0.39, 0.29) is 12.1 Å². The van der Waals surface area contributed by atoms with Gasteiger partial charge in [-0.05, 0) is 24.3 Å². The summed E-state index contributed by atoms with van der Waals surface area (Å²) < 4.78 is 42.4. The van der Waals surface area contributed by atoms with Crippen molar-refractivity contribution in [3.8, 4) is 0 Å². The Bertz CT molecular complexity index is 391. The van der Waals surface area contributed by atoms with E-state index >= 15 is 0 Å². The number of ether oxygens (including phenoxy) is 1. The normalized spacial score (nSPS) is 24.2. The van der Waals surface area contributed by atoms with E-state index in [0.29, 0.717) is 5.69 Å². The highest BCUT2D eigenvalue weighted by Crippen LogP contribution is 2.30. The van der Waals surface area contributed by atoms with E-state index in [1.807, 2.05) is 0 Å². The highest BCUT2D eigenvalue weighted by Gasteiger charge is 2.30. The van der Waals surface area contributed by atoms with Gasteiger partial charge in [-0.25, -0.2) is 0 Å². The molecule has 0 saturated carbocycles. The molecule has 2 rings (SSSR count). The van der Waals surface area contributed by atoms with Crippen LogP contribution in [0, 0.1) is 0 Å². The summed E-state index contributed by atoms with van der Waals surface area (Å²) in [5.74, 6) is 0. The van der Waals surface area contributed by atoms with E-state index in [4.69, 9.17) is 4.74 Å². The number of hydrogen-bond acceptors (Lipinski definition) is 3. The molecule has 3 nitrogen and oxygen atoms in total. The maximum Gasteiger partial charge on any atom is 0.416 e. The molecule has 6 heteroatoms. The van der Waals surface area contributed by atoms with Gasteiger partial charge in [-0.3, -0.25) is 0 Å². The quantitative estimate of drug-likeness (QED) is 0.873. The standard InChI is InChI=1S/C12H15F3N2O/c1-18-11-7-16-6-10(11)17-9-4-2-8(3-5-9)12(13,14)15/h2-5,10-11,16-17H,6-7H2,1H3/t10?,11-/m0/s1. The van der Waals surface area contributed by atoms with Crippen molar-refractivity contribution < 1.29 is 17.9 Å². The van der Waals surface area contributed by atoms with Gasteiger partial charge in [0.05, 0.1) is 17.7 Å². The first-order chi connectivity index (χ1) is 8.50. The van der Waals surface area contributed by atoms with E-state index in [0.717, 1.165) is 25.2 Å². The van der Waals surface area contributed by atoms with Gasteiger partial charge in [0.25, 0.3) is 0 Å². The molecule has 1 unspecified atom stereocenters. The highest BCUT2D eigenvalue weighted by atomic mass is 19.4. The van der Waals surface area contributed by atoms with Crippen molar-refractivity contribution in [2.45, 2.75) is 18.3 Å². The van der Waals surface area contributed by atoms with Gasteiger partial charge in [0, 0.05) is 25.9 Å². The molecule has 0 aromatic heterocycles. The first-order valence-electron chi connectivity index (χ1n) is 5.68. The summed E-state index contributed by atoms with van der Waals surface area (Å²) in [4.78, 5) is 0. The van der Waals surface area contributed by atoms with Crippen molar-refractivity contribution in [1.29, 1.82) is 0 Å². The Kier molecular flexibility index (Phi) is 3.77. The van der Waals surface area contributed by atoms with Crippen molar-refractivity contribution in [1.82, 2.24) is 5.32 Å². The van der Waals surface area contributed by atoms with Gasteiger partial charge < -0.3 is 15.4 Å². The number of benzene rings is 1. The zero-order valence-electron chi connectivity index (χ0n) is 9.92. The van der Waals surface area contributed by atoms with Crippen molar-refractivity contribution in [3.05, 3.63) is 29.8 Å². The maximum absolute atomic E-state index is 12.4. The summed E-state index contributed by atoms with van der Waals surface area (Å²) >= 11 is 0. The Morgan fingerprint density at radius 2 is 1.89 bits per heavy atom. The summed E-state index contributed by atoms with van der Waals surface area (Å²) in [5, 5.41) is 6.33. The maximum atomic E-state index is 12.4. The fraction of sp³-hybridized carbons (Fsp3) is 0.500. The average molecular weight is 260 g/mol. The van der Waals surface area contributed by atoms with Gasteiger partial charge in [-0.2, -0.15) is 13.2 Å². The molecule has 1 heterocycles. The molecule has 1 aromatic rings. The summed E-state index contributed by atoms with van der Waals surface area (Å²) in [6, 6.07) is 5.10. The SMILES string of the molecule is CO[C@H]1CNCC1Nc1ccc(C(F)(F)F)cc1. The number of anilines is 1. The number of methoxy groups -OCH3 is 1. The van der Waals surface area contributed by atoms with Crippen LogP contribution >= 0.6 is 0 Å². The third-order valence-electron chi connectivity index (χ3n) is 3.03. The lowest BCUT2D eigenvalue weighted by atomic mass is 10.1. The molecule has 1 saturated heterocycles. The van der Waals surface area contributed by atoms with Crippen LogP contribution in [0.1, 0.15) is 5.56 Å². The molecule has 1 aliphatic rings. The van der Waals surface area contributed by atoms with Crippen LogP contribution in [0.4, 0.5) is 18.9 Å². The zero-order chi connectivity index (χ0) is 13.2. The minimum atomic E-state index is -4.29. The zero-order valence-corrected chi connectivity index (χ0v) is 9.92. The molecule has 0 radical (unpaired) electrons. The lowest BCUT2D eigenvalue weighted by Gasteiger charge is -2.20. The monoisotopic (exact) mass is 260 g/mol. The van der Waals surface area contributed by atoms with Gasteiger partial charge in [-0.15, -0.1) is 0 Å². The predicted octanol–water partition coefficient (Wildman–Crippen LogP) is 2.10. The molecule has 2 N–H and O–H groups in total. The molecular formula is C12H15F3N2O. The fourth-order valence-corrected chi connectivity index (χ4v) is 2.02. The van der Waals surface area contributed by atoms with E-state index in [1.165, 1.54) is 12.1 Å². The smallest absolute Gasteiger partial charge is 0.378 e. The summed E-state index contributed by atoms with van der Waals surface area (Å²) in [6.07, 6.45) is -4.25. The summed E-state index contributed by atoms with van der Waals surface area (Å²) in [7, 11) is 1.62. The number of halogens is 3. The number of hydrogen-bond donors (Lipinski definition) is 2. The third kappa shape index (κ3) is 2.94. The Morgan fingerprint density at radius 1 is 1.22 bits per heavy atom. The molecule has 0 bridgehead atoms. The van der Waals surface area contributed by atoms with Crippen LogP contribution in [-0.2, 0) is 10.9 Å². The van der Waals surface area contributed by atoms with Crippen LogP contribution in [0.3, 0.4) is 0 Å². The van der Waals surface area contributed by atoms with Gasteiger partial charge in [0.2, 0.25) is 0 Å². The molecule has 18 heavy (non-hydrogen) atoms. The van der Waals surface area contributed by atoms with Crippen LogP contribution in [0.2, 0.25) is 0 Å². The van der Waals surface area contributed by atoms with E-state index in [2.05, 4.69) is 10.6 Å². The van der Waals surface area contributed by atoms with Crippen LogP contribution in [-0.4, -0.2) is 32.3 Å². The minimum Gasteiger partial charge on any atom is -0.378 e. The number of alkyl halides is 3. The van der Waals surface area contributed by atoms with Gasteiger partial charge >= 0.3 is 6.18 Å². The Labute approximate surface area is 103 Å². The van der Waals surface area contributed by atoms with Crippen molar-refractivity contribution >= 4 is 5.69 Å². The van der Waals surface area contributed by atoms with Crippen molar-refractivity contribution in [3.63, 3.8) is 0 Å². The molecule has 2 atom stereocenters.